The van der Waals surface area contributed by atoms with Gasteiger partial charge in [0.2, 0.25) is 5.12 Å². The van der Waals surface area contributed by atoms with Crippen molar-refractivity contribution >= 4 is 53.2 Å². The van der Waals surface area contributed by atoms with Crippen molar-refractivity contribution < 1.29 is 37.5 Å². The number of hydrogen-bond donors (Lipinski definition) is 2. The summed E-state index contributed by atoms with van der Waals surface area (Å²) in [5.74, 6) is -0.437. The molecule has 0 spiro atoms. The van der Waals surface area contributed by atoms with Gasteiger partial charge in [0, 0.05) is 29.8 Å². The quantitative estimate of drug-likeness (QED) is 0.0369. The molecule has 0 bridgehead atoms. The zero-order valence-corrected chi connectivity index (χ0v) is 32.2. The number of nitrogen functional groups attached to an aromatic ring is 1. The number of anilines is 1. The number of ether oxygens (including phenoxy) is 2. The van der Waals surface area contributed by atoms with Crippen LogP contribution in [0.25, 0.3) is 11.2 Å². The van der Waals surface area contributed by atoms with E-state index in [4.69, 9.17) is 30.0 Å². The lowest BCUT2D eigenvalue weighted by Gasteiger charge is -2.19. The average Bonchev–Trinajstić information content (AvgIpc) is 3.63. The van der Waals surface area contributed by atoms with Gasteiger partial charge in [-0.2, -0.15) is 0 Å². The molecule has 55 heavy (non-hydrogen) atoms. The van der Waals surface area contributed by atoms with Crippen LogP contribution >= 0.6 is 19.4 Å². The van der Waals surface area contributed by atoms with Crippen LogP contribution in [0, 0.1) is 0 Å². The number of nitrogens with zero attached hydrogens (tertiary/aromatic N) is 4. The van der Waals surface area contributed by atoms with Crippen molar-refractivity contribution in [3.63, 3.8) is 0 Å². The number of ketones is 1. The van der Waals surface area contributed by atoms with E-state index >= 15 is 0 Å². The number of fused-ring (bicyclic) bond motifs is 1. The fourth-order valence-electron chi connectivity index (χ4n) is 5.38. The number of aromatic nitrogens is 4. The van der Waals surface area contributed by atoms with Crippen LogP contribution in [0.4, 0.5) is 5.82 Å². The summed E-state index contributed by atoms with van der Waals surface area (Å²) in [6.45, 7) is 2.27. The first-order chi connectivity index (χ1) is 26.6. The van der Waals surface area contributed by atoms with Gasteiger partial charge >= 0.3 is 13.6 Å². The van der Waals surface area contributed by atoms with Gasteiger partial charge in [0.15, 0.2) is 17.2 Å². The van der Waals surface area contributed by atoms with Gasteiger partial charge in [-0.3, -0.25) is 18.9 Å². The average molecular weight is 789 g/mol. The van der Waals surface area contributed by atoms with E-state index in [2.05, 4.69) is 15.0 Å². The molecule has 14 nitrogen and oxygen atoms in total. The molecule has 2 unspecified atom stereocenters. The van der Waals surface area contributed by atoms with Gasteiger partial charge in [0.05, 0.1) is 44.7 Å². The van der Waals surface area contributed by atoms with E-state index in [0.717, 1.165) is 17.3 Å². The number of rotatable bonds is 22. The van der Waals surface area contributed by atoms with Crippen LogP contribution in [0.1, 0.15) is 52.7 Å². The molecule has 2 aromatic heterocycles. The van der Waals surface area contributed by atoms with Gasteiger partial charge in [0.1, 0.15) is 18.2 Å². The molecule has 0 saturated heterocycles. The third-order valence-electron chi connectivity index (χ3n) is 8.46. The molecule has 0 amide bonds. The first-order valence-corrected chi connectivity index (χ1v) is 20.5. The maximum Gasteiger partial charge on any atom is 0.356 e. The second-order valence-electron chi connectivity index (χ2n) is 12.6. The summed E-state index contributed by atoms with van der Waals surface area (Å²) >= 11 is 1.11. The lowest BCUT2D eigenvalue weighted by Crippen LogP contribution is -2.30. The first-order valence-electron chi connectivity index (χ1n) is 17.8. The molecule has 3 aromatic carbocycles. The topological polar surface area (TPSA) is 201 Å². The second kappa shape index (κ2) is 20.8. The summed E-state index contributed by atoms with van der Waals surface area (Å²) in [5.41, 5.74) is 15.8. The Kier molecular flexibility index (Phi) is 15.7. The van der Waals surface area contributed by atoms with E-state index in [0.29, 0.717) is 53.0 Å². The summed E-state index contributed by atoms with van der Waals surface area (Å²) in [6, 6.07) is 24.8. The van der Waals surface area contributed by atoms with Crippen LogP contribution in [-0.2, 0) is 45.6 Å². The van der Waals surface area contributed by atoms with Crippen LogP contribution in [0.2, 0.25) is 0 Å². The van der Waals surface area contributed by atoms with Gasteiger partial charge in [-0.25, -0.2) is 15.0 Å². The van der Waals surface area contributed by atoms with Crippen LogP contribution in [0.5, 0.6) is 0 Å². The minimum atomic E-state index is -3.76. The van der Waals surface area contributed by atoms with Crippen molar-refractivity contribution in [2.75, 3.05) is 44.3 Å². The van der Waals surface area contributed by atoms with Crippen molar-refractivity contribution in [3.8, 4) is 0 Å². The number of imidazole rings is 1. The molecule has 4 N–H and O–H groups in total. The fourth-order valence-corrected chi connectivity index (χ4v) is 7.53. The van der Waals surface area contributed by atoms with E-state index in [1.807, 2.05) is 36.4 Å². The van der Waals surface area contributed by atoms with Crippen molar-refractivity contribution in [1.29, 1.82) is 0 Å². The third-order valence-corrected chi connectivity index (χ3v) is 11.2. The SMILES string of the molecule is CC(C(=O)OCCCOP(=O)(COCCn1cnc2c(N)ncnc21)OCCCSC(=O)[C@H](N)Cc1ccccc1)c1ccc(C(=O)c2ccccc2)cc1. The summed E-state index contributed by atoms with van der Waals surface area (Å²) in [4.78, 5) is 50.5. The lowest BCUT2D eigenvalue weighted by molar-refractivity contribution is -0.145. The second-order valence-corrected chi connectivity index (χ2v) is 15.7. The maximum absolute atomic E-state index is 13.7. The van der Waals surface area contributed by atoms with Crippen LogP contribution < -0.4 is 11.5 Å². The van der Waals surface area contributed by atoms with E-state index in [1.54, 1.807) is 66.3 Å². The number of thioether (sulfide) groups is 1. The molecule has 5 aromatic rings. The predicted octanol–water partition coefficient (Wildman–Crippen LogP) is 5.80. The molecule has 3 atom stereocenters. The lowest BCUT2D eigenvalue weighted by atomic mass is 9.97. The fraction of sp³-hybridized carbons (Fsp3) is 0.333. The number of nitrogens with two attached hydrogens (primary N) is 2. The van der Waals surface area contributed by atoms with E-state index < -0.39 is 25.5 Å². The first kappa shape index (κ1) is 41.4. The highest BCUT2D eigenvalue weighted by Gasteiger charge is 2.26. The zero-order valence-electron chi connectivity index (χ0n) is 30.5. The summed E-state index contributed by atoms with van der Waals surface area (Å²) in [6.07, 6.45) is 3.70. The normalized spacial score (nSPS) is 13.6. The Morgan fingerprint density at radius 2 is 1.51 bits per heavy atom. The van der Waals surface area contributed by atoms with Crippen molar-refractivity contribution in [1.82, 2.24) is 19.5 Å². The van der Waals surface area contributed by atoms with Gasteiger partial charge in [-0.1, -0.05) is 96.7 Å². The molecular weight excluding hydrogens is 744 g/mol. The van der Waals surface area contributed by atoms with Gasteiger partial charge < -0.3 is 34.6 Å². The summed E-state index contributed by atoms with van der Waals surface area (Å²) in [7, 11) is -3.76. The maximum atomic E-state index is 13.7. The number of carbonyl (C=O) groups is 3. The smallest absolute Gasteiger partial charge is 0.356 e. The number of benzene rings is 3. The number of carbonyl (C=O) groups excluding carboxylic acids is 3. The monoisotopic (exact) mass is 788 g/mol. The van der Waals surface area contributed by atoms with E-state index in [1.165, 1.54) is 6.33 Å². The van der Waals surface area contributed by atoms with Gasteiger partial charge in [-0.05, 0) is 30.9 Å². The molecule has 0 aliphatic heterocycles. The molecule has 0 saturated carbocycles. The molecule has 290 valence electrons. The van der Waals surface area contributed by atoms with Crippen molar-refractivity contribution in [3.05, 3.63) is 120 Å². The molecule has 2 heterocycles. The number of esters is 1. The highest BCUT2D eigenvalue weighted by atomic mass is 32.2. The third kappa shape index (κ3) is 12.4. The van der Waals surface area contributed by atoms with Crippen molar-refractivity contribution in [2.24, 2.45) is 5.73 Å². The Morgan fingerprint density at radius 3 is 2.24 bits per heavy atom. The molecule has 0 aliphatic carbocycles. The number of hydrogen-bond acceptors (Lipinski definition) is 14. The van der Waals surface area contributed by atoms with E-state index in [-0.39, 0.29) is 55.9 Å². The molecule has 0 aliphatic rings. The van der Waals surface area contributed by atoms with Crippen molar-refractivity contribution in [2.45, 2.75) is 44.7 Å². The standard InChI is InChI=1S/C39H45N6O8PS/c1-28(30-14-16-32(17-15-30)35(46)31-12-6-3-7-13-31)38(47)51-19-8-20-52-54(49,27-50-22-18-45-26-44-34-36(41)42-25-43-37(34)45)53-21-9-23-55-39(48)33(40)24-29-10-4-2-5-11-29/h2-7,10-17,25-26,28,33H,8-9,18-24,27,40H2,1H3,(H2,41,42,43)/t28?,33-,54?/m1/s1. The summed E-state index contributed by atoms with van der Waals surface area (Å²) in [5, 5.41) is -0.135. The molecular formula is C39H45N6O8PS. The Morgan fingerprint density at radius 1 is 0.836 bits per heavy atom. The van der Waals surface area contributed by atoms with Crippen LogP contribution in [-0.4, -0.2) is 81.0 Å². The Bertz CT molecular complexity index is 2050. The molecule has 0 radical (unpaired) electrons. The molecule has 0 fully saturated rings. The minimum absolute atomic E-state index is 0.0231. The Labute approximate surface area is 323 Å². The highest BCUT2D eigenvalue weighted by Crippen LogP contribution is 2.48. The highest BCUT2D eigenvalue weighted by molar-refractivity contribution is 8.13. The van der Waals surface area contributed by atoms with Gasteiger partial charge in [0.25, 0.3) is 0 Å². The Hall–Kier alpha value is -4.76. The molecule has 16 heteroatoms. The summed E-state index contributed by atoms with van der Waals surface area (Å²) < 4.78 is 38.2. The Balaban J connectivity index is 1.07. The van der Waals surface area contributed by atoms with E-state index in [9.17, 15) is 18.9 Å². The predicted molar refractivity (Wildman–Crippen MR) is 211 cm³/mol. The largest absolute Gasteiger partial charge is 0.465 e. The minimum Gasteiger partial charge on any atom is -0.465 e. The zero-order chi connectivity index (χ0) is 39.0. The van der Waals surface area contributed by atoms with Crippen LogP contribution in [0.15, 0.2) is 97.6 Å². The van der Waals surface area contributed by atoms with Crippen LogP contribution in [0.3, 0.4) is 0 Å². The molecule has 5 rings (SSSR count). The van der Waals surface area contributed by atoms with Gasteiger partial charge in [-0.15, -0.1) is 0 Å².